The lowest BCUT2D eigenvalue weighted by molar-refractivity contribution is -0.121. The van der Waals surface area contributed by atoms with Crippen LogP contribution in [0.15, 0.2) is 65.2 Å². The van der Waals surface area contributed by atoms with Crippen molar-refractivity contribution < 1.29 is 18.8 Å². The average Bonchev–Trinajstić information content (AvgIpc) is 3.15. The number of rotatable bonds is 7. The van der Waals surface area contributed by atoms with E-state index in [2.05, 4.69) is 5.16 Å². The lowest BCUT2D eigenvalue weighted by Gasteiger charge is -2.21. The van der Waals surface area contributed by atoms with Crippen molar-refractivity contribution in [2.24, 2.45) is 0 Å². The minimum Gasteiger partial charge on any atom is -0.452 e. The molecule has 0 fully saturated rings. The molecular formula is C22H19N3O4. The minimum atomic E-state index is -0.691. The van der Waals surface area contributed by atoms with E-state index in [4.69, 9.17) is 14.5 Å². The number of aromatic nitrogens is 1. The lowest BCUT2D eigenvalue weighted by Crippen LogP contribution is -2.35. The Balaban J connectivity index is 1.74. The maximum atomic E-state index is 12.7. The Morgan fingerprint density at radius 2 is 1.76 bits per heavy atom. The second-order valence-electron chi connectivity index (χ2n) is 6.19. The van der Waals surface area contributed by atoms with Crippen LogP contribution >= 0.6 is 0 Å². The highest BCUT2D eigenvalue weighted by Gasteiger charge is 2.25. The summed E-state index contributed by atoms with van der Waals surface area (Å²) in [5.74, 6) is -0.801. The van der Waals surface area contributed by atoms with Crippen LogP contribution in [0, 0.1) is 18.3 Å². The Bertz CT molecular complexity index is 1020. The summed E-state index contributed by atoms with van der Waals surface area (Å²) >= 11 is 0. The maximum absolute atomic E-state index is 12.7. The molecule has 0 unspecified atom stereocenters. The Morgan fingerprint density at radius 1 is 1.10 bits per heavy atom. The first-order valence-electron chi connectivity index (χ1n) is 9.03. The van der Waals surface area contributed by atoms with Gasteiger partial charge in [0.2, 0.25) is 0 Å². The number of aryl methyl sites for hydroxylation is 1. The highest BCUT2D eigenvalue weighted by Crippen LogP contribution is 2.25. The summed E-state index contributed by atoms with van der Waals surface area (Å²) < 4.78 is 10.4. The zero-order chi connectivity index (χ0) is 20.6. The van der Waals surface area contributed by atoms with Gasteiger partial charge in [0.15, 0.2) is 6.61 Å². The van der Waals surface area contributed by atoms with Gasteiger partial charge in [-0.15, -0.1) is 0 Å². The number of hydrogen-bond acceptors (Lipinski definition) is 6. The van der Waals surface area contributed by atoms with Crippen molar-refractivity contribution in [2.75, 3.05) is 18.1 Å². The number of hydrogen-bond donors (Lipinski definition) is 0. The molecule has 0 bridgehead atoms. The molecule has 1 aromatic heterocycles. The summed E-state index contributed by atoms with van der Waals surface area (Å²) in [6.07, 6.45) is 0.164. The molecule has 7 heteroatoms. The number of anilines is 1. The summed E-state index contributed by atoms with van der Waals surface area (Å²) in [6, 6.07) is 20.1. The number of amides is 1. The van der Waals surface area contributed by atoms with Crippen LogP contribution in [0.2, 0.25) is 0 Å². The van der Waals surface area contributed by atoms with Gasteiger partial charge in [-0.25, -0.2) is 4.79 Å². The number of para-hydroxylation sites is 1. The Hall–Kier alpha value is -3.92. The molecule has 29 heavy (non-hydrogen) atoms. The van der Waals surface area contributed by atoms with Gasteiger partial charge in [0.05, 0.1) is 12.5 Å². The third-order valence-corrected chi connectivity index (χ3v) is 4.26. The van der Waals surface area contributed by atoms with Crippen molar-refractivity contribution in [2.45, 2.75) is 13.3 Å². The molecule has 2 aromatic carbocycles. The molecule has 0 aliphatic rings. The van der Waals surface area contributed by atoms with Gasteiger partial charge < -0.3 is 14.2 Å². The van der Waals surface area contributed by atoms with E-state index < -0.39 is 18.5 Å². The first kappa shape index (κ1) is 19.8. The molecule has 0 saturated carbocycles. The summed E-state index contributed by atoms with van der Waals surface area (Å²) in [6.45, 7) is 1.36. The first-order chi connectivity index (χ1) is 14.1. The van der Waals surface area contributed by atoms with Gasteiger partial charge in [0, 0.05) is 17.8 Å². The number of nitrogens with zero attached hydrogens (tertiary/aromatic N) is 3. The fourth-order valence-corrected chi connectivity index (χ4v) is 2.85. The molecule has 0 N–H and O–H groups in total. The van der Waals surface area contributed by atoms with Crippen LogP contribution in [0.3, 0.4) is 0 Å². The maximum Gasteiger partial charge on any atom is 0.344 e. The van der Waals surface area contributed by atoms with E-state index in [9.17, 15) is 9.59 Å². The monoisotopic (exact) mass is 389 g/mol. The van der Waals surface area contributed by atoms with Crippen LogP contribution in [0.1, 0.15) is 22.5 Å². The number of carbonyl (C=O) groups is 2. The van der Waals surface area contributed by atoms with E-state index in [1.807, 2.05) is 30.3 Å². The van der Waals surface area contributed by atoms with Crippen molar-refractivity contribution in [1.29, 1.82) is 5.26 Å². The Labute approximate surface area is 168 Å². The largest absolute Gasteiger partial charge is 0.452 e. The third kappa shape index (κ3) is 4.68. The van der Waals surface area contributed by atoms with E-state index in [0.717, 1.165) is 0 Å². The van der Waals surface area contributed by atoms with Crippen LogP contribution in [0.4, 0.5) is 5.69 Å². The average molecular weight is 389 g/mol. The Kier molecular flexibility index (Phi) is 6.38. The highest BCUT2D eigenvalue weighted by molar-refractivity contribution is 6.00. The molecule has 0 aliphatic heterocycles. The van der Waals surface area contributed by atoms with E-state index in [-0.39, 0.29) is 18.5 Å². The molecule has 0 aliphatic carbocycles. The van der Waals surface area contributed by atoms with Crippen LogP contribution in [0.25, 0.3) is 11.3 Å². The molecule has 3 rings (SSSR count). The van der Waals surface area contributed by atoms with E-state index in [1.54, 1.807) is 43.3 Å². The summed E-state index contributed by atoms with van der Waals surface area (Å²) in [7, 11) is 0. The van der Waals surface area contributed by atoms with Gasteiger partial charge in [-0.3, -0.25) is 4.79 Å². The zero-order valence-electron chi connectivity index (χ0n) is 15.9. The van der Waals surface area contributed by atoms with Crippen LogP contribution in [0.5, 0.6) is 0 Å². The topological polar surface area (TPSA) is 96.4 Å². The number of esters is 1. The van der Waals surface area contributed by atoms with Gasteiger partial charge in [0.25, 0.3) is 5.91 Å². The second-order valence-corrected chi connectivity index (χ2v) is 6.19. The second kappa shape index (κ2) is 9.33. The quantitative estimate of drug-likeness (QED) is 0.571. The fraction of sp³-hybridized carbons (Fsp3) is 0.182. The van der Waals surface area contributed by atoms with Gasteiger partial charge in [-0.2, -0.15) is 5.26 Å². The van der Waals surface area contributed by atoms with Gasteiger partial charge in [0.1, 0.15) is 17.0 Å². The molecule has 0 radical (unpaired) electrons. The number of ether oxygens (including phenoxy) is 1. The summed E-state index contributed by atoms with van der Waals surface area (Å²) in [5, 5.41) is 12.8. The number of benzene rings is 2. The SMILES string of the molecule is Cc1onc(-c2ccccc2)c1C(=O)OCC(=O)N(CCC#N)c1ccccc1. The summed E-state index contributed by atoms with van der Waals surface area (Å²) in [4.78, 5) is 26.7. The highest BCUT2D eigenvalue weighted by atomic mass is 16.5. The first-order valence-corrected chi connectivity index (χ1v) is 9.03. The van der Waals surface area contributed by atoms with Gasteiger partial charge in [-0.05, 0) is 19.1 Å². The number of carbonyl (C=O) groups excluding carboxylic acids is 2. The lowest BCUT2D eigenvalue weighted by atomic mass is 10.1. The van der Waals surface area contributed by atoms with Crippen molar-refractivity contribution >= 4 is 17.6 Å². The predicted octanol–water partition coefficient (Wildman–Crippen LogP) is 3.75. The van der Waals surface area contributed by atoms with Crippen molar-refractivity contribution in [3.05, 3.63) is 72.0 Å². The Morgan fingerprint density at radius 3 is 2.41 bits per heavy atom. The van der Waals surface area contributed by atoms with E-state index in [1.165, 1.54) is 4.90 Å². The molecule has 3 aromatic rings. The molecule has 7 nitrogen and oxygen atoms in total. The van der Waals surface area contributed by atoms with Crippen LogP contribution in [-0.2, 0) is 9.53 Å². The van der Waals surface area contributed by atoms with E-state index in [0.29, 0.717) is 22.7 Å². The normalized spacial score (nSPS) is 10.2. The van der Waals surface area contributed by atoms with Crippen molar-refractivity contribution in [3.8, 4) is 17.3 Å². The molecule has 146 valence electrons. The molecule has 0 atom stereocenters. The molecule has 0 saturated heterocycles. The smallest absolute Gasteiger partial charge is 0.344 e. The minimum absolute atomic E-state index is 0.164. The standard InChI is InChI=1S/C22H19N3O4/c1-16-20(21(24-29-16)17-9-4-2-5-10-17)22(27)28-15-19(26)25(14-8-13-23)18-11-6-3-7-12-18/h2-7,9-12H,8,14-15H2,1H3. The predicted molar refractivity (Wildman–Crippen MR) is 106 cm³/mol. The van der Waals surface area contributed by atoms with Gasteiger partial charge in [-0.1, -0.05) is 53.7 Å². The third-order valence-electron chi connectivity index (χ3n) is 4.26. The van der Waals surface area contributed by atoms with Crippen molar-refractivity contribution in [3.63, 3.8) is 0 Å². The van der Waals surface area contributed by atoms with Gasteiger partial charge >= 0.3 is 5.97 Å². The fourth-order valence-electron chi connectivity index (χ4n) is 2.85. The molecular weight excluding hydrogens is 370 g/mol. The van der Waals surface area contributed by atoms with Crippen LogP contribution in [-0.4, -0.2) is 30.2 Å². The molecule has 0 spiro atoms. The van der Waals surface area contributed by atoms with Crippen LogP contribution < -0.4 is 4.90 Å². The molecule has 1 amide bonds. The van der Waals surface area contributed by atoms with E-state index >= 15 is 0 Å². The summed E-state index contributed by atoms with van der Waals surface area (Å²) in [5.41, 5.74) is 1.90. The van der Waals surface area contributed by atoms with Crippen molar-refractivity contribution in [1.82, 2.24) is 5.16 Å². The molecule has 1 heterocycles. The number of nitriles is 1. The zero-order valence-corrected chi connectivity index (χ0v) is 15.9.